The molecule has 130 valence electrons. The van der Waals surface area contributed by atoms with Crippen LogP contribution in [0.4, 0.5) is 0 Å². The molecule has 0 aliphatic carbocycles. The number of aromatic nitrogens is 2. The number of rotatable bonds is 4. The number of nitrogens with zero attached hydrogens (tertiary/aromatic N) is 2. The molecule has 1 atom stereocenters. The van der Waals surface area contributed by atoms with Crippen LogP contribution in [0, 0.1) is 0 Å². The second-order valence-corrected chi connectivity index (χ2v) is 7.48. The number of fused-ring (bicyclic) bond motifs is 2. The molecule has 0 aliphatic rings. The second kappa shape index (κ2) is 6.87. The lowest BCUT2D eigenvalue weighted by molar-refractivity contribution is 0.733. The first-order valence-corrected chi connectivity index (χ1v) is 9.34. The van der Waals surface area contributed by atoms with Crippen LogP contribution >= 0.6 is 0 Å². The number of hydrogen-bond donors (Lipinski definition) is 0. The van der Waals surface area contributed by atoms with E-state index >= 15 is 0 Å². The molecule has 0 radical (unpaired) electrons. The van der Waals surface area contributed by atoms with Crippen molar-refractivity contribution in [2.45, 2.75) is 39.0 Å². The minimum atomic E-state index is 0.366. The quantitative estimate of drug-likeness (QED) is 0.438. The van der Waals surface area contributed by atoms with E-state index < -0.39 is 0 Å². The van der Waals surface area contributed by atoms with Gasteiger partial charge in [-0.1, -0.05) is 63.2 Å². The fourth-order valence-electron chi connectivity index (χ4n) is 3.46. The van der Waals surface area contributed by atoms with Crippen molar-refractivity contribution in [1.29, 1.82) is 0 Å². The van der Waals surface area contributed by atoms with E-state index in [4.69, 9.17) is 4.98 Å². The molecule has 0 saturated carbocycles. The molecule has 2 nitrogen and oxygen atoms in total. The molecule has 1 unspecified atom stereocenters. The van der Waals surface area contributed by atoms with Crippen molar-refractivity contribution in [1.82, 2.24) is 9.97 Å². The Bertz CT molecular complexity index is 1070. The van der Waals surface area contributed by atoms with Gasteiger partial charge < -0.3 is 0 Å². The number of hydrogen-bond acceptors (Lipinski definition) is 2. The highest BCUT2D eigenvalue weighted by Gasteiger charge is 2.10. The summed E-state index contributed by atoms with van der Waals surface area (Å²) in [7, 11) is 0. The summed E-state index contributed by atoms with van der Waals surface area (Å²) in [5, 5.41) is 3.65. The van der Waals surface area contributed by atoms with Gasteiger partial charge in [0.25, 0.3) is 0 Å². The van der Waals surface area contributed by atoms with Gasteiger partial charge in [0.05, 0.1) is 5.52 Å². The first-order valence-electron chi connectivity index (χ1n) is 9.34. The highest BCUT2D eigenvalue weighted by Crippen LogP contribution is 2.25. The lowest BCUT2D eigenvalue weighted by Gasteiger charge is -2.13. The summed E-state index contributed by atoms with van der Waals surface area (Å²) < 4.78 is 0. The lowest BCUT2D eigenvalue weighted by Crippen LogP contribution is -2.01. The molecule has 0 N–H and O–H groups in total. The van der Waals surface area contributed by atoms with Crippen molar-refractivity contribution in [2.75, 3.05) is 0 Å². The largest absolute Gasteiger partial charge is 0.260 e. The molecule has 4 rings (SSSR count). The molecule has 0 bridgehead atoms. The molecule has 26 heavy (non-hydrogen) atoms. The van der Waals surface area contributed by atoms with Gasteiger partial charge in [-0.05, 0) is 41.5 Å². The first kappa shape index (κ1) is 16.7. The highest BCUT2D eigenvalue weighted by atomic mass is 14.7. The topological polar surface area (TPSA) is 25.8 Å². The first-order chi connectivity index (χ1) is 12.6. The van der Waals surface area contributed by atoms with Crippen LogP contribution in [0.2, 0.25) is 0 Å². The van der Waals surface area contributed by atoms with Crippen LogP contribution < -0.4 is 0 Å². The predicted octanol–water partition coefficient (Wildman–Crippen LogP) is 6.25. The summed E-state index contributed by atoms with van der Waals surface area (Å²) in [5.74, 6) is 0.814. The molecule has 0 amide bonds. The van der Waals surface area contributed by atoms with E-state index in [9.17, 15) is 0 Å². The molecular weight excluding hydrogens is 316 g/mol. The molecule has 2 heterocycles. The molecule has 4 aromatic rings. The molecule has 2 heteroatoms. The number of benzene rings is 2. The van der Waals surface area contributed by atoms with E-state index in [1.54, 1.807) is 0 Å². The predicted molar refractivity (Wildman–Crippen MR) is 110 cm³/mol. The van der Waals surface area contributed by atoms with E-state index in [1.165, 1.54) is 21.7 Å². The summed E-state index contributed by atoms with van der Waals surface area (Å²) in [6, 6.07) is 21.6. The Hall–Kier alpha value is -2.74. The Balaban J connectivity index is 1.62. The highest BCUT2D eigenvalue weighted by molar-refractivity contribution is 5.82. The summed E-state index contributed by atoms with van der Waals surface area (Å²) in [5.41, 5.74) is 4.70. The molecule has 2 aromatic carbocycles. The third-order valence-electron chi connectivity index (χ3n) is 5.07. The van der Waals surface area contributed by atoms with Gasteiger partial charge in [0, 0.05) is 34.3 Å². The van der Waals surface area contributed by atoms with Crippen molar-refractivity contribution in [2.24, 2.45) is 0 Å². The molecular formula is C24H24N2. The van der Waals surface area contributed by atoms with Crippen LogP contribution in [0.1, 0.15) is 49.6 Å². The van der Waals surface area contributed by atoms with Crippen LogP contribution in [0.3, 0.4) is 0 Å². The lowest BCUT2D eigenvalue weighted by atomic mass is 9.95. The molecule has 0 saturated heterocycles. The normalized spacial score (nSPS) is 12.8. The van der Waals surface area contributed by atoms with Gasteiger partial charge >= 0.3 is 0 Å². The third kappa shape index (κ3) is 3.32. The fraction of sp³-hybridized carbons (Fsp3) is 0.250. The molecule has 2 aromatic heterocycles. The van der Waals surface area contributed by atoms with Gasteiger partial charge in [-0.3, -0.25) is 9.97 Å². The van der Waals surface area contributed by atoms with E-state index in [-0.39, 0.29) is 0 Å². The zero-order valence-electron chi connectivity index (χ0n) is 15.6. The van der Waals surface area contributed by atoms with Gasteiger partial charge in [0.2, 0.25) is 0 Å². The second-order valence-electron chi connectivity index (χ2n) is 7.48. The van der Waals surface area contributed by atoms with Crippen molar-refractivity contribution in [3.8, 4) is 0 Å². The molecule has 0 fully saturated rings. The summed E-state index contributed by atoms with van der Waals surface area (Å²) in [6.45, 7) is 6.62. The Kier molecular flexibility index (Phi) is 4.42. The van der Waals surface area contributed by atoms with Gasteiger partial charge in [0.15, 0.2) is 0 Å². The van der Waals surface area contributed by atoms with Crippen LogP contribution in [0.5, 0.6) is 0 Å². The van der Waals surface area contributed by atoms with Crippen LogP contribution in [0.15, 0.2) is 66.9 Å². The fourth-order valence-corrected chi connectivity index (χ4v) is 3.46. The maximum Gasteiger partial charge on any atom is 0.0708 e. The van der Waals surface area contributed by atoms with Crippen molar-refractivity contribution in [3.63, 3.8) is 0 Å². The Morgan fingerprint density at radius 3 is 2.35 bits per heavy atom. The third-order valence-corrected chi connectivity index (χ3v) is 5.07. The average molecular weight is 340 g/mol. The summed E-state index contributed by atoms with van der Waals surface area (Å²) in [6.07, 6.45) is 2.95. The maximum atomic E-state index is 4.84. The zero-order valence-corrected chi connectivity index (χ0v) is 15.6. The number of pyridine rings is 2. The van der Waals surface area contributed by atoms with E-state index in [2.05, 4.69) is 86.4 Å². The van der Waals surface area contributed by atoms with Gasteiger partial charge in [-0.25, -0.2) is 0 Å². The Labute approximate surface area is 154 Å². The standard InChI is InChI=1S/C24H24N2/c1-16(2)22-11-10-19-9-8-18(13-24(19)26-22)12-17(3)23-14-20-6-4-5-7-21(20)15-25-23/h4-11,13-17H,12H2,1-3H3. The van der Waals surface area contributed by atoms with Crippen molar-refractivity contribution >= 4 is 21.7 Å². The van der Waals surface area contributed by atoms with Crippen LogP contribution in [-0.4, -0.2) is 9.97 Å². The monoisotopic (exact) mass is 340 g/mol. The zero-order chi connectivity index (χ0) is 18.1. The van der Waals surface area contributed by atoms with Crippen LogP contribution in [0.25, 0.3) is 21.7 Å². The van der Waals surface area contributed by atoms with E-state index in [1.807, 2.05) is 6.20 Å². The SMILES string of the molecule is CC(C)c1ccc2ccc(CC(C)c3cc4ccccc4cn3)cc2n1. The van der Waals surface area contributed by atoms with Crippen molar-refractivity contribution in [3.05, 3.63) is 83.8 Å². The minimum Gasteiger partial charge on any atom is -0.260 e. The van der Waals surface area contributed by atoms with E-state index in [0.29, 0.717) is 11.8 Å². The Morgan fingerprint density at radius 2 is 1.54 bits per heavy atom. The Morgan fingerprint density at radius 1 is 0.769 bits per heavy atom. The molecule has 0 aliphatic heterocycles. The van der Waals surface area contributed by atoms with Gasteiger partial charge in [-0.2, -0.15) is 0 Å². The maximum absolute atomic E-state index is 4.84. The van der Waals surface area contributed by atoms with Crippen LogP contribution in [-0.2, 0) is 6.42 Å². The molecule has 0 spiro atoms. The summed E-state index contributed by atoms with van der Waals surface area (Å²) >= 11 is 0. The van der Waals surface area contributed by atoms with Gasteiger partial charge in [-0.15, -0.1) is 0 Å². The minimum absolute atomic E-state index is 0.366. The van der Waals surface area contributed by atoms with E-state index in [0.717, 1.165) is 23.3 Å². The average Bonchev–Trinajstić information content (AvgIpc) is 2.67. The smallest absolute Gasteiger partial charge is 0.0708 e. The van der Waals surface area contributed by atoms with Gasteiger partial charge in [0.1, 0.15) is 0 Å². The summed E-state index contributed by atoms with van der Waals surface area (Å²) in [4.78, 5) is 9.53. The van der Waals surface area contributed by atoms with Crippen molar-refractivity contribution < 1.29 is 0 Å².